The summed E-state index contributed by atoms with van der Waals surface area (Å²) in [6.45, 7) is 0. The number of hydrogen-bond acceptors (Lipinski definition) is 2. The maximum atomic E-state index is 12.7. The van der Waals surface area contributed by atoms with Crippen LogP contribution in [0.15, 0.2) is 22.7 Å². The molecule has 1 rings (SSSR count). The zero-order chi connectivity index (χ0) is 10.7. The summed E-state index contributed by atoms with van der Waals surface area (Å²) in [5, 5.41) is 17.6. The summed E-state index contributed by atoms with van der Waals surface area (Å²) in [7, 11) is 0. The van der Waals surface area contributed by atoms with Crippen LogP contribution in [0.4, 0.5) is 4.39 Å². The van der Waals surface area contributed by atoms with E-state index in [1.165, 1.54) is 6.08 Å². The van der Waals surface area contributed by atoms with Crippen LogP contribution in [0.3, 0.4) is 0 Å². The molecule has 2 N–H and O–H groups in total. The summed E-state index contributed by atoms with van der Waals surface area (Å²) in [4.78, 5) is 10.2. The van der Waals surface area contributed by atoms with Gasteiger partial charge in [-0.3, -0.25) is 0 Å². The highest BCUT2D eigenvalue weighted by Crippen LogP contribution is 2.28. The van der Waals surface area contributed by atoms with Crippen LogP contribution in [0.1, 0.15) is 5.56 Å². The first kappa shape index (κ1) is 10.7. The molecule has 0 atom stereocenters. The fraction of sp³-hybridized carbons (Fsp3) is 0. The van der Waals surface area contributed by atoms with Gasteiger partial charge in [-0.15, -0.1) is 0 Å². The van der Waals surface area contributed by atoms with Gasteiger partial charge in [0.05, 0.1) is 0 Å². The van der Waals surface area contributed by atoms with Crippen LogP contribution in [0.25, 0.3) is 6.08 Å². The summed E-state index contributed by atoms with van der Waals surface area (Å²) in [6, 6.07) is 2.05. The van der Waals surface area contributed by atoms with Crippen LogP contribution in [-0.2, 0) is 4.79 Å². The molecule has 0 heterocycles. The third-order valence-corrected chi connectivity index (χ3v) is 2.12. The van der Waals surface area contributed by atoms with Gasteiger partial charge < -0.3 is 10.2 Å². The minimum absolute atomic E-state index is 0.230. The Hall–Kier alpha value is -1.36. The molecule has 1 aromatic carbocycles. The zero-order valence-corrected chi connectivity index (χ0v) is 8.45. The molecule has 0 radical (unpaired) electrons. The van der Waals surface area contributed by atoms with Crippen LogP contribution in [0, 0.1) is 5.82 Å². The molecule has 0 spiro atoms. The number of aliphatic carboxylic acids is 1. The van der Waals surface area contributed by atoms with Crippen molar-refractivity contribution in [1.29, 1.82) is 0 Å². The first-order chi connectivity index (χ1) is 6.50. The van der Waals surface area contributed by atoms with Crippen LogP contribution < -0.4 is 0 Å². The molecule has 0 unspecified atom stereocenters. The molecule has 0 aliphatic heterocycles. The molecule has 74 valence electrons. The Morgan fingerprint density at radius 3 is 2.64 bits per heavy atom. The monoisotopic (exact) mass is 260 g/mol. The lowest BCUT2D eigenvalue weighted by Gasteiger charge is -2.01. The lowest BCUT2D eigenvalue weighted by Crippen LogP contribution is -1.87. The first-order valence-corrected chi connectivity index (χ1v) is 4.39. The fourth-order valence-electron chi connectivity index (χ4n) is 0.891. The maximum Gasteiger partial charge on any atom is 0.328 e. The van der Waals surface area contributed by atoms with E-state index in [-0.39, 0.29) is 11.3 Å². The van der Waals surface area contributed by atoms with E-state index < -0.39 is 11.8 Å². The van der Waals surface area contributed by atoms with Crippen LogP contribution in [-0.4, -0.2) is 16.2 Å². The Morgan fingerprint density at radius 2 is 2.14 bits per heavy atom. The van der Waals surface area contributed by atoms with Gasteiger partial charge in [-0.25, -0.2) is 9.18 Å². The van der Waals surface area contributed by atoms with Crippen LogP contribution >= 0.6 is 15.9 Å². The molecule has 0 fully saturated rings. The van der Waals surface area contributed by atoms with Crippen molar-refractivity contribution in [2.24, 2.45) is 0 Å². The van der Waals surface area contributed by atoms with Crippen molar-refractivity contribution in [3.05, 3.63) is 34.1 Å². The van der Waals surface area contributed by atoms with Crippen LogP contribution in [0.2, 0.25) is 0 Å². The second-order valence-corrected chi connectivity index (χ2v) is 3.35. The number of halogens is 2. The van der Waals surface area contributed by atoms with Gasteiger partial charge in [0.15, 0.2) is 0 Å². The second-order valence-electron chi connectivity index (χ2n) is 2.49. The number of hydrogen-bond donors (Lipinski definition) is 2. The van der Waals surface area contributed by atoms with Gasteiger partial charge in [-0.1, -0.05) is 0 Å². The number of phenols is 1. The van der Waals surface area contributed by atoms with Crippen molar-refractivity contribution in [3.8, 4) is 5.75 Å². The smallest absolute Gasteiger partial charge is 0.328 e. The van der Waals surface area contributed by atoms with Crippen LogP contribution in [0.5, 0.6) is 5.75 Å². The van der Waals surface area contributed by atoms with Gasteiger partial charge in [0.25, 0.3) is 0 Å². The standard InChI is InChI=1S/C9H6BrFO3/c10-7-3-5(11)4-8(12)6(7)1-2-9(13)14/h1-4,12H,(H,13,14)/b2-1+. The van der Waals surface area contributed by atoms with Gasteiger partial charge in [-0.05, 0) is 28.1 Å². The fourth-order valence-corrected chi connectivity index (χ4v) is 1.44. The van der Waals surface area contributed by atoms with E-state index in [1.54, 1.807) is 0 Å². The summed E-state index contributed by atoms with van der Waals surface area (Å²) >= 11 is 3.00. The molecule has 0 aliphatic rings. The van der Waals surface area contributed by atoms with E-state index >= 15 is 0 Å². The van der Waals surface area contributed by atoms with E-state index in [2.05, 4.69) is 15.9 Å². The highest BCUT2D eigenvalue weighted by Gasteiger charge is 2.05. The second kappa shape index (κ2) is 4.23. The molecule has 0 amide bonds. The number of carboxylic acids is 1. The lowest BCUT2D eigenvalue weighted by molar-refractivity contribution is -0.131. The number of aromatic hydroxyl groups is 1. The van der Waals surface area contributed by atoms with Crippen molar-refractivity contribution in [3.63, 3.8) is 0 Å². The molecular weight excluding hydrogens is 255 g/mol. The molecule has 3 nitrogen and oxygen atoms in total. The third kappa shape index (κ3) is 2.56. The SMILES string of the molecule is O=C(O)/C=C/c1c(O)cc(F)cc1Br. The number of carbonyl (C=O) groups is 1. The molecule has 5 heteroatoms. The summed E-state index contributed by atoms with van der Waals surface area (Å²) < 4.78 is 13.0. The zero-order valence-electron chi connectivity index (χ0n) is 6.87. The van der Waals surface area contributed by atoms with E-state index in [0.29, 0.717) is 4.47 Å². The Bertz CT molecular complexity index is 378. The molecular formula is C9H6BrFO3. The summed E-state index contributed by atoms with van der Waals surface area (Å²) in [5.74, 6) is -2.04. The van der Waals surface area contributed by atoms with Gasteiger partial charge in [0, 0.05) is 22.2 Å². The van der Waals surface area contributed by atoms with Crippen molar-refractivity contribution in [1.82, 2.24) is 0 Å². The molecule has 0 saturated carbocycles. The summed E-state index contributed by atoms with van der Waals surface area (Å²) in [6.07, 6.45) is 2.04. The Balaban J connectivity index is 3.15. The number of rotatable bonds is 2. The number of phenolic OH excluding ortho intramolecular Hbond substituents is 1. The highest BCUT2D eigenvalue weighted by molar-refractivity contribution is 9.10. The van der Waals surface area contributed by atoms with E-state index in [1.807, 2.05) is 0 Å². The molecule has 0 bridgehead atoms. The van der Waals surface area contributed by atoms with Gasteiger partial charge in [0.2, 0.25) is 0 Å². The predicted molar refractivity (Wildman–Crippen MR) is 52.4 cm³/mol. The molecule has 0 saturated heterocycles. The average Bonchev–Trinajstić information content (AvgIpc) is 2.01. The lowest BCUT2D eigenvalue weighted by atomic mass is 10.2. The van der Waals surface area contributed by atoms with Crippen molar-refractivity contribution in [2.75, 3.05) is 0 Å². The number of carboxylic acid groups (broad SMARTS) is 1. The highest BCUT2D eigenvalue weighted by atomic mass is 79.9. The largest absolute Gasteiger partial charge is 0.507 e. The normalized spacial score (nSPS) is 10.7. The quantitative estimate of drug-likeness (QED) is 0.803. The molecule has 14 heavy (non-hydrogen) atoms. The van der Waals surface area contributed by atoms with Crippen molar-refractivity contribution >= 4 is 28.0 Å². The predicted octanol–water partition coefficient (Wildman–Crippen LogP) is 2.39. The van der Waals surface area contributed by atoms with Crippen molar-refractivity contribution in [2.45, 2.75) is 0 Å². The molecule has 0 aromatic heterocycles. The van der Waals surface area contributed by atoms with E-state index in [4.69, 9.17) is 5.11 Å². The van der Waals surface area contributed by atoms with Gasteiger partial charge >= 0.3 is 5.97 Å². The maximum absolute atomic E-state index is 12.7. The Labute approximate surface area is 87.6 Å². The molecule has 0 aliphatic carbocycles. The topological polar surface area (TPSA) is 57.5 Å². The minimum Gasteiger partial charge on any atom is -0.507 e. The Morgan fingerprint density at radius 1 is 1.50 bits per heavy atom. The van der Waals surface area contributed by atoms with Gasteiger partial charge in [0.1, 0.15) is 11.6 Å². The van der Waals surface area contributed by atoms with E-state index in [9.17, 15) is 14.3 Å². The Kier molecular flexibility index (Phi) is 3.24. The van der Waals surface area contributed by atoms with Crippen molar-refractivity contribution < 1.29 is 19.4 Å². The average molecular weight is 261 g/mol. The first-order valence-electron chi connectivity index (χ1n) is 3.59. The minimum atomic E-state index is -1.14. The van der Waals surface area contributed by atoms with E-state index in [0.717, 1.165) is 18.2 Å². The molecule has 1 aromatic rings. The number of benzene rings is 1. The van der Waals surface area contributed by atoms with Gasteiger partial charge in [-0.2, -0.15) is 0 Å². The third-order valence-electron chi connectivity index (χ3n) is 1.47. The summed E-state index contributed by atoms with van der Waals surface area (Å²) in [5.41, 5.74) is 0.230.